The Hall–Kier alpha value is 0.690. The summed E-state index contributed by atoms with van der Waals surface area (Å²) in [6, 6.07) is 0. The van der Waals surface area contributed by atoms with Gasteiger partial charge in [0.25, 0.3) is 0 Å². The van der Waals surface area contributed by atoms with Gasteiger partial charge in [-0.2, -0.15) is 0 Å². The van der Waals surface area contributed by atoms with E-state index in [1.54, 1.807) is 4.67 Å². The van der Waals surface area contributed by atoms with E-state index in [-0.39, 0.29) is 0 Å². The van der Waals surface area contributed by atoms with Gasteiger partial charge in [-0.25, -0.2) is 9.76 Å². The van der Waals surface area contributed by atoms with Crippen molar-refractivity contribution in [3.05, 3.63) is 0 Å². The van der Waals surface area contributed by atoms with Gasteiger partial charge in [-0.1, -0.05) is 0 Å². The second-order valence-electron chi connectivity index (χ2n) is 3.30. The summed E-state index contributed by atoms with van der Waals surface area (Å²) in [5.41, 5.74) is 0. The number of nitrogens with zero attached hydrogens (tertiary/aromatic N) is 1. The maximum absolute atomic E-state index is 12.3. The SMILES string of the molecule is O=P1(NCCCCl)OCCCN1CCCl. The van der Waals surface area contributed by atoms with Gasteiger partial charge in [-0.05, 0) is 12.8 Å². The van der Waals surface area contributed by atoms with Gasteiger partial charge in [0.05, 0.1) is 6.61 Å². The molecule has 7 heteroatoms. The Morgan fingerprint density at radius 2 is 2.20 bits per heavy atom. The van der Waals surface area contributed by atoms with Gasteiger partial charge in [0.1, 0.15) is 0 Å². The topological polar surface area (TPSA) is 41.6 Å². The van der Waals surface area contributed by atoms with Crippen molar-refractivity contribution in [3.8, 4) is 0 Å². The number of hydrogen-bond acceptors (Lipinski definition) is 2. The van der Waals surface area contributed by atoms with Crippen LogP contribution in [0, 0.1) is 0 Å². The van der Waals surface area contributed by atoms with Crippen LogP contribution in [0.15, 0.2) is 0 Å². The van der Waals surface area contributed by atoms with Crippen molar-refractivity contribution in [2.75, 3.05) is 38.0 Å². The van der Waals surface area contributed by atoms with Crippen molar-refractivity contribution < 1.29 is 9.09 Å². The predicted molar refractivity (Wildman–Crippen MR) is 63.8 cm³/mol. The minimum atomic E-state index is -2.83. The molecule has 1 aliphatic heterocycles. The summed E-state index contributed by atoms with van der Waals surface area (Å²) in [4.78, 5) is 0. The zero-order chi connectivity index (χ0) is 11.1. The quantitative estimate of drug-likeness (QED) is 0.458. The number of hydrogen-bond donors (Lipinski definition) is 1. The van der Waals surface area contributed by atoms with E-state index >= 15 is 0 Å². The van der Waals surface area contributed by atoms with Crippen LogP contribution in [-0.2, 0) is 9.09 Å². The lowest BCUT2D eigenvalue weighted by Gasteiger charge is -2.34. The van der Waals surface area contributed by atoms with Gasteiger partial charge < -0.3 is 4.52 Å². The average Bonchev–Trinajstić information content (AvgIpc) is 2.22. The van der Waals surface area contributed by atoms with E-state index in [1.807, 2.05) is 0 Å². The van der Waals surface area contributed by atoms with Crippen LogP contribution < -0.4 is 5.09 Å². The van der Waals surface area contributed by atoms with E-state index in [2.05, 4.69) is 5.09 Å². The van der Waals surface area contributed by atoms with Crippen molar-refractivity contribution in [2.24, 2.45) is 0 Å². The van der Waals surface area contributed by atoms with Gasteiger partial charge in [-0.3, -0.25) is 4.57 Å². The van der Waals surface area contributed by atoms with Gasteiger partial charge in [-0.15, -0.1) is 23.2 Å². The highest BCUT2D eigenvalue weighted by atomic mass is 35.5. The van der Waals surface area contributed by atoms with E-state index in [1.165, 1.54) is 0 Å². The van der Waals surface area contributed by atoms with Gasteiger partial charge in [0.15, 0.2) is 0 Å². The molecule has 1 atom stereocenters. The van der Waals surface area contributed by atoms with Crippen LogP contribution in [0.25, 0.3) is 0 Å². The molecule has 1 unspecified atom stereocenters. The molecular weight excluding hydrogens is 258 g/mol. The van der Waals surface area contributed by atoms with E-state index in [4.69, 9.17) is 27.7 Å². The summed E-state index contributed by atoms with van der Waals surface area (Å²) in [5, 5.41) is 2.95. The maximum Gasteiger partial charge on any atom is 0.343 e. The Labute approximate surface area is 101 Å². The van der Waals surface area contributed by atoms with E-state index < -0.39 is 7.67 Å². The lowest BCUT2D eigenvalue weighted by molar-refractivity contribution is 0.203. The molecule has 0 amide bonds. The number of halogens is 2. The van der Waals surface area contributed by atoms with Crippen molar-refractivity contribution in [2.45, 2.75) is 12.8 Å². The highest BCUT2D eigenvalue weighted by Crippen LogP contribution is 2.48. The Morgan fingerprint density at radius 1 is 1.40 bits per heavy atom. The summed E-state index contributed by atoms with van der Waals surface area (Å²) in [5.74, 6) is 1.02. The fourth-order valence-corrected chi connectivity index (χ4v) is 3.92. The molecule has 90 valence electrons. The molecule has 1 N–H and O–H groups in total. The summed E-state index contributed by atoms with van der Waals surface area (Å²) in [6.07, 6.45) is 1.68. The molecule has 0 saturated carbocycles. The van der Waals surface area contributed by atoms with E-state index in [0.29, 0.717) is 31.5 Å². The molecule has 0 aromatic carbocycles. The number of alkyl halides is 2. The van der Waals surface area contributed by atoms with Crippen LogP contribution in [0.1, 0.15) is 12.8 Å². The van der Waals surface area contributed by atoms with Crippen molar-refractivity contribution in [1.29, 1.82) is 0 Å². The highest BCUT2D eigenvalue weighted by molar-refractivity contribution is 7.54. The average molecular weight is 275 g/mol. The first kappa shape index (κ1) is 13.8. The fourth-order valence-electron chi connectivity index (χ4n) is 1.42. The van der Waals surface area contributed by atoms with Gasteiger partial charge in [0.2, 0.25) is 0 Å². The van der Waals surface area contributed by atoms with Crippen LogP contribution in [0.3, 0.4) is 0 Å². The Bertz CT molecular complexity index is 229. The Kier molecular flexibility index (Phi) is 6.51. The minimum Gasteiger partial charge on any atom is -0.306 e. The molecule has 0 aromatic rings. The van der Waals surface area contributed by atoms with Crippen molar-refractivity contribution in [3.63, 3.8) is 0 Å². The Morgan fingerprint density at radius 3 is 2.87 bits per heavy atom. The molecule has 1 heterocycles. The smallest absolute Gasteiger partial charge is 0.306 e. The molecule has 0 bridgehead atoms. The standard InChI is InChI=1S/C8H17Cl2N2O2P/c9-3-1-5-11-15(13)12(7-4-10)6-2-8-14-15/h1-8H2,(H,11,13). The third kappa shape index (κ3) is 4.22. The highest BCUT2D eigenvalue weighted by Gasteiger charge is 2.33. The second kappa shape index (κ2) is 7.10. The lowest BCUT2D eigenvalue weighted by atomic mass is 10.4. The van der Waals surface area contributed by atoms with Crippen LogP contribution in [-0.4, -0.2) is 42.7 Å². The van der Waals surface area contributed by atoms with Crippen molar-refractivity contribution in [1.82, 2.24) is 9.76 Å². The van der Waals surface area contributed by atoms with Crippen LogP contribution in [0.4, 0.5) is 0 Å². The molecule has 0 radical (unpaired) electrons. The third-order valence-corrected chi connectivity index (χ3v) is 4.90. The zero-order valence-electron chi connectivity index (χ0n) is 8.62. The lowest BCUT2D eigenvalue weighted by Crippen LogP contribution is -2.36. The van der Waals surface area contributed by atoms with Crippen LogP contribution >= 0.6 is 30.9 Å². The number of nitrogens with one attached hydrogen (secondary N) is 1. The zero-order valence-corrected chi connectivity index (χ0v) is 11.0. The first-order valence-corrected chi connectivity index (χ1v) is 7.74. The van der Waals surface area contributed by atoms with Crippen LogP contribution in [0.2, 0.25) is 0 Å². The van der Waals surface area contributed by atoms with E-state index in [9.17, 15) is 4.57 Å². The summed E-state index contributed by atoms with van der Waals surface area (Å²) in [6.45, 7) is 2.52. The summed E-state index contributed by atoms with van der Waals surface area (Å²) in [7, 11) is -2.83. The normalized spacial score (nSPS) is 28.1. The predicted octanol–water partition coefficient (Wildman–Crippen LogP) is 2.27. The molecule has 15 heavy (non-hydrogen) atoms. The van der Waals surface area contributed by atoms with Gasteiger partial charge in [0, 0.05) is 31.4 Å². The maximum atomic E-state index is 12.3. The molecule has 1 fully saturated rings. The van der Waals surface area contributed by atoms with E-state index in [0.717, 1.165) is 19.4 Å². The molecule has 4 nitrogen and oxygen atoms in total. The first-order chi connectivity index (χ1) is 7.23. The number of rotatable bonds is 6. The van der Waals surface area contributed by atoms with Crippen molar-refractivity contribution >= 4 is 30.9 Å². The Balaban J connectivity index is 2.48. The molecule has 1 saturated heterocycles. The summed E-state index contributed by atoms with van der Waals surface area (Å²) >= 11 is 11.2. The fraction of sp³-hybridized carbons (Fsp3) is 1.00. The molecular formula is C8H17Cl2N2O2P. The largest absolute Gasteiger partial charge is 0.343 e. The second-order valence-corrected chi connectivity index (χ2v) is 6.24. The monoisotopic (exact) mass is 274 g/mol. The molecule has 1 rings (SSSR count). The first-order valence-electron chi connectivity index (χ1n) is 5.10. The molecule has 0 aromatic heterocycles. The van der Waals surface area contributed by atoms with Gasteiger partial charge >= 0.3 is 7.67 Å². The molecule has 1 aliphatic rings. The minimum absolute atomic E-state index is 0.463. The summed E-state index contributed by atoms with van der Waals surface area (Å²) < 4.78 is 19.5. The van der Waals surface area contributed by atoms with Crippen LogP contribution in [0.5, 0.6) is 0 Å². The molecule has 0 spiro atoms. The molecule has 0 aliphatic carbocycles. The third-order valence-electron chi connectivity index (χ3n) is 2.16.